The van der Waals surface area contributed by atoms with E-state index in [0.29, 0.717) is 43.2 Å². The zero-order chi connectivity index (χ0) is 14.5. The highest BCUT2D eigenvalue weighted by Gasteiger charge is 2.20. The summed E-state index contributed by atoms with van der Waals surface area (Å²) in [5.74, 6) is -0.211. The first kappa shape index (κ1) is 14.2. The van der Waals surface area contributed by atoms with Gasteiger partial charge in [0.15, 0.2) is 11.5 Å². The van der Waals surface area contributed by atoms with E-state index < -0.39 is 5.97 Å². The van der Waals surface area contributed by atoms with E-state index in [1.807, 2.05) is 6.92 Å². The molecule has 1 heterocycles. The molecule has 0 bridgehead atoms. The second-order valence-corrected chi connectivity index (χ2v) is 4.48. The number of amides is 1. The number of carboxylic acids is 1. The van der Waals surface area contributed by atoms with Gasteiger partial charge in [-0.25, -0.2) is 0 Å². The summed E-state index contributed by atoms with van der Waals surface area (Å²) in [4.78, 5) is 24.4. The van der Waals surface area contributed by atoms with Crippen LogP contribution in [0.25, 0.3) is 0 Å². The maximum Gasteiger partial charge on any atom is 0.323 e. The molecule has 1 aliphatic rings. The molecule has 0 spiro atoms. The molecule has 1 amide bonds. The highest BCUT2D eigenvalue weighted by atomic mass is 16.6. The van der Waals surface area contributed by atoms with Crippen molar-refractivity contribution in [2.75, 3.05) is 26.3 Å². The summed E-state index contributed by atoms with van der Waals surface area (Å²) >= 11 is 0. The van der Waals surface area contributed by atoms with Gasteiger partial charge in [0.05, 0.1) is 0 Å². The van der Waals surface area contributed by atoms with Crippen LogP contribution in [0.4, 0.5) is 0 Å². The Balaban J connectivity index is 2.20. The number of carbonyl (C=O) groups excluding carboxylic acids is 1. The second kappa shape index (κ2) is 6.27. The molecule has 0 aromatic heterocycles. The second-order valence-electron chi connectivity index (χ2n) is 4.48. The number of hydrogen-bond acceptors (Lipinski definition) is 4. The van der Waals surface area contributed by atoms with Crippen molar-refractivity contribution in [3.63, 3.8) is 0 Å². The molecule has 0 aliphatic carbocycles. The molecule has 0 unspecified atom stereocenters. The summed E-state index contributed by atoms with van der Waals surface area (Å²) in [6, 6.07) is 4.90. The third kappa shape index (κ3) is 3.20. The lowest BCUT2D eigenvalue weighted by molar-refractivity contribution is -0.137. The highest BCUT2D eigenvalue weighted by Crippen LogP contribution is 2.31. The minimum Gasteiger partial charge on any atom is -0.486 e. The average Bonchev–Trinajstić information content (AvgIpc) is 2.45. The molecule has 0 saturated heterocycles. The first-order chi connectivity index (χ1) is 9.61. The molecular weight excluding hydrogens is 262 g/mol. The number of nitrogens with zero attached hydrogens (tertiary/aromatic N) is 1. The summed E-state index contributed by atoms with van der Waals surface area (Å²) < 4.78 is 10.8. The van der Waals surface area contributed by atoms with E-state index in [1.54, 1.807) is 18.2 Å². The van der Waals surface area contributed by atoms with Crippen LogP contribution >= 0.6 is 0 Å². The normalized spacial score (nSPS) is 12.8. The molecule has 2 rings (SSSR count). The highest BCUT2D eigenvalue weighted by molar-refractivity contribution is 5.96. The van der Waals surface area contributed by atoms with Crippen LogP contribution in [-0.4, -0.2) is 48.2 Å². The monoisotopic (exact) mass is 279 g/mol. The Morgan fingerprint density at radius 1 is 1.25 bits per heavy atom. The van der Waals surface area contributed by atoms with Gasteiger partial charge in [0.1, 0.15) is 19.8 Å². The van der Waals surface area contributed by atoms with Crippen LogP contribution < -0.4 is 9.47 Å². The lowest BCUT2D eigenvalue weighted by Gasteiger charge is -2.22. The Kier molecular flexibility index (Phi) is 4.45. The Bertz CT molecular complexity index is 514. The van der Waals surface area contributed by atoms with Crippen molar-refractivity contribution >= 4 is 11.9 Å². The quantitative estimate of drug-likeness (QED) is 0.881. The Morgan fingerprint density at radius 2 is 1.95 bits per heavy atom. The standard InChI is InChI=1S/C14H17NO5/c1-2-5-15(9-13(16)17)14(18)10-3-4-11-12(8-10)20-7-6-19-11/h3-4,8H,2,5-7,9H2,1H3,(H,16,17). The van der Waals surface area contributed by atoms with Crippen LogP contribution in [0, 0.1) is 0 Å². The molecule has 1 aliphatic heterocycles. The molecule has 6 nitrogen and oxygen atoms in total. The van der Waals surface area contributed by atoms with E-state index in [2.05, 4.69) is 0 Å². The van der Waals surface area contributed by atoms with Crippen LogP contribution in [0.3, 0.4) is 0 Å². The van der Waals surface area contributed by atoms with Crippen LogP contribution in [0.1, 0.15) is 23.7 Å². The summed E-state index contributed by atoms with van der Waals surface area (Å²) in [5.41, 5.74) is 0.406. The third-order valence-electron chi connectivity index (χ3n) is 2.90. The van der Waals surface area contributed by atoms with Gasteiger partial charge in [0.2, 0.25) is 0 Å². The van der Waals surface area contributed by atoms with Crippen molar-refractivity contribution in [2.24, 2.45) is 0 Å². The van der Waals surface area contributed by atoms with Gasteiger partial charge >= 0.3 is 5.97 Å². The van der Waals surface area contributed by atoms with Gasteiger partial charge in [0, 0.05) is 12.1 Å². The number of fused-ring (bicyclic) bond motifs is 1. The third-order valence-corrected chi connectivity index (χ3v) is 2.90. The molecule has 108 valence electrons. The van der Waals surface area contributed by atoms with Crippen LogP contribution in [0.2, 0.25) is 0 Å². The van der Waals surface area contributed by atoms with Crippen molar-refractivity contribution in [3.8, 4) is 11.5 Å². The average molecular weight is 279 g/mol. The van der Waals surface area contributed by atoms with Gasteiger partial charge in [-0.2, -0.15) is 0 Å². The zero-order valence-electron chi connectivity index (χ0n) is 11.3. The molecule has 1 N–H and O–H groups in total. The van der Waals surface area contributed by atoms with Gasteiger partial charge in [-0.15, -0.1) is 0 Å². The van der Waals surface area contributed by atoms with E-state index in [0.717, 1.165) is 0 Å². The summed E-state index contributed by atoms with van der Waals surface area (Å²) in [7, 11) is 0. The number of aliphatic carboxylic acids is 1. The van der Waals surface area contributed by atoms with E-state index in [9.17, 15) is 9.59 Å². The predicted octanol–water partition coefficient (Wildman–Crippen LogP) is 1.39. The smallest absolute Gasteiger partial charge is 0.323 e. The number of hydrogen-bond donors (Lipinski definition) is 1. The predicted molar refractivity (Wildman–Crippen MR) is 71.3 cm³/mol. The van der Waals surface area contributed by atoms with Crippen molar-refractivity contribution in [3.05, 3.63) is 23.8 Å². The lowest BCUT2D eigenvalue weighted by atomic mass is 10.1. The summed E-state index contributed by atoms with van der Waals surface area (Å²) in [5, 5.41) is 8.86. The number of carboxylic acid groups (broad SMARTS) is 1. The molecular formula is C14H17NO5. The fraction of sp³-hybridized carbons (Fsp3) is 0.429. The molecule has 6 heteroatoms. The van der Waals surface area contributed by atoms with Crippen LogP contribution in [0.5, 0.6) is 11.5 Å². The van der Waals surface area contributed by atoms with Gasteiger partial charge in [0.25, 0.3) is 5.91 Å². The van der Waals surface area contributed by atoms with Gasteiger partial charge in [-0.05, 0) is 24.6 Å². The largest absolute Gasteiger partial charge is 0.486 e. The lowest BCUT2D eigenvalue weighted by Crippen LogP contribution is -2.36. The van der Waals surface area contributed by atoms with Crippen LogP contribution in [0.15, 0.2) is 18.2 Å². The Labute approximate surface area is 116 Å². The fourth-order valence-corrected chi connectivity index (χ4v) is 2.04. The van der Waals surface area contributed by atoms with Gasteiger partial charge < -0.3 is 19.5 Å². The molecule has 0 saturated carbocycles. The van der Waals surface area contributed by atoms with E-state index >= 15 is 0 Å². The van der Waals surface area contributed by atoms with E-state index in [-0.39, 0.29) is 12.5 Å². The maximum atomic E-state index is 12.3. The number of benzene rings is 1. The maximum absolute atomic E-state index is 12.3. The van der Waals surface area contributed by atoms with Gasteiger partial charge in [-0.1, -0.05) is 6.92 Å². The molecule has 0 atom stereocenters. The minimum absolute atomic E-state index is 0.304. The number of carbonyl (C=O) groups is 2. The van der Waals surface area contributed by atoms with Crippen molar-refractivity contribution in [2.45, 2.75) is 13.3 Å². The SMILES string of the molecule is CCCN(CC(=O)O)C(=O)c1ccc2c(c1)OCCO2. The Morgan fingerprint density at radius 3 is 2.60 bits per heavy atom. The molecule has 0 fully saturated rings. The van der Waals surface area contributed by atoms with E-state index in [1.165, 1.54) is 4.90 Å². The Hall–Kier alpha value is -2.24. The minimum atomic E-state index is -1.02. The van der Waals surface area contributed by atoms with Crippen LogP contribution in [-0.2, 0) is 4.79 Å². The summed E-state index contributed by atoms with van der Waals surface area (Å²) in [6.45, 7) is 2.92. The topological polar surface area (TPSA) is 76.1 Å². The summed E-state index contributed by atoms with van der Waals surface area (Å²) in [6.07, 6.45) is 0.698. The first-order valence-corrected chi connectivity index (χ1v) is 6.52. The molecule has 20 heavy (non-hydrogen) atoms. The number of ether oxygens (including phenoxy) is 2. The van der Waals surface area contributed by atoms with E-state index in [4.69, 9.17) is 14.6 Å². The molecule has 1 aromatic carbocycles. The molecule has 0 radical (unpaired) electrons. The zero-order valence-corrected chi connectivity index (χ0v) is 11.3. The van der Waals surface area contributed by atoms with Crippen molar-refractivity contribution < 1.29 is 24.2 Å². The first-order valence-electron chi connectivity index (χ1n) is 6.52. The molecule has 1 aromatic rings. The fourth-order valence-electron chi connectivity index (χ4n) is 2.04. The van der Waals surface area contributed by atoms with Crippen molar-refractivity contribution in [1.29, 1.82) is 0 Å². The number of rotatable bonds is 5. The van der Waals surface area contributed by atoms with Gasteiger partial charge in [-0.3, -0.25) is 9.59 Å². The van der Waals surface area contributed by atoms with Crippen molar-refractivity contribution in [1.82, 2.24) is 4.90 Å².